The number of hydrogen-bond donors (Lipinski definition) is 1. The molecule has 1 N–H and O–H groups in total. The largest absolute Gasteiger partial charge is 0.508 e. The summed E-state index contributed by atoms with van der Waals surface area (Å²) in [6, 6.07) is 5.31. The number of hydrogen-bond acceptors (Lipinski definition) is 2. The second kappa shape index (κ2) is 1.95. The predicted molar refractivity (Wildman–Crippen MR) is 47.7 cm³/mol. The van der Waals surface area contributed by atoms with E-state index in [2.05, 4.69) is 0 Å². The van der Waals surface area contributed by atoms with Gasteiger partial charge in [-0.05, 0) is 36.1 Å². The van der Waals surface area contributed by atoms with Crippen molar-refractivity contribution in [1.29, 1.82) is 0 Å². The van der Waals surface area contributed by atoms with E-state index >= 15 is 0 Å². The van der Waals surface area contributed by atoms with Crippen molar-refractivity contribution >= 4 is 5.78 Å². The van der Waals surface area contributed by atoms with E-state index in [-0.39, 0.29) is 11.2 Å². The van der Waals surface area contributed by atoms with Crippen LogP contribution in [0.15, 0.2) is 18.2 Å². The molecule has 0 radical (unpaired) electrons. The van der Waals surface area contributed by atoms with Gasteiger partial charge in [0.25, 0.3) is 0 Å². The average Bonchev–Trinajstić information content (AvgIpc) is 2.80. The maximum Gasteiger partial charge on any atom is 0.147 e. The number of benzene rings is 1. The highest BCUT2D eigenvalue weighted by Crippen LogP contribution is 2.54. The van der Waals surface area contributed by atoms with Crippen molar-refractivity contribution in [1.82, 2.24) is 0 Å². The first-order valence-electron chi connectivity index (χ1n) is 4.58. The van der Waals surface area contributed by atoms with Crippen LogP contribution >= 0.6 is 0 Å². The molecule has 0 aromatic heterocycles. The minimum absolute atomic E-state index is 0.122. The van der Waals surface area contributed by atoms with Gasteiger partial charge in [-0.25, -0.2) is 0 Å². The number of Topliss-reactive ketones (excluding diaryl/α,β-unsaturated/α-hetero) is 1. The molecule has 0 amide bonds. The topological polar surface area (TPSA) is 37.3 Å². The lowest BCUT2D eigenvalue weighted by Gasteiger charge is -2.05. The number of phenols is 1. The molecule has 0 aliphatic heterocycles. The number of aromatic hydroxyl groups is 1. The molecule has 1 spiro atoms. The lowest BCUT2D eigenvalue weighted by Crippen LogP contribution is -2.13. The SMILES string of the molecule is O=C1Cc2cc(O)ccc2C12CC2. The van der Waals surface area contributed by atoms with Crippen molar-refractivity contribution < 1.29 is 9.90 Å². The minimum Gasteiger partial charge on any atom is -0.508 e. The maximum absolute atomic E-state index is 11.6. The van der Waals surface area contributed by atoms with Gasteiger partial charge in [0, 0.05) is 6.42 Å². The van der Waals surface area contributed by atoms with Gasteiger partial charge in [0.15, 0.2) is 0 Å². The molecule has 0 saturated heterocycles. The summed E-state index contributed by atoms with van der Waals surface area (Å²) < 4.78 is 0. The maximum atomic E-state index is 11.6. The van der Waals surface area contributed by atoms with Gasteiger partial charge in [-0.15, -0.1) is 0 Å². The highest BCUT2D eigenvalue weighted by atomic mass is 16.3. The molecule has 0 atom stereocenters. The first-order chi connectivity index (χ1) is 6.22. The quantitative estimate of drug-likeness (QED) is 0.648. The van der Waals surface area contributed by atoms with Gasteiger partial charge < -0.3 is 5.11 Å². The van der Waals surface area contributed by atoms with E-state index in [0.29, 0.717) is 12.2 Å². The molecular weight excluding hydrogens is 164 g/mol. The van der Waals surface area contributed by atoms with Crippen LogP contribution in [-0.4, -0.2) is 10.9 Å². The molecular formula is C11H10O2. The van der Waals surface area contributed by atoms with Gasteiger partial charge in [0.2, 0.25) is 0 Å². The van der Waals surface area contributed by atoms with Crippen molar-refractivity contribution in [2.75, 3.05) is 0 Å². The van der Waals surface area contributed by atoms with Gasteiger partial charge in [0.05, 0.1) is 5.41 Å². The monoisotopic (exact) mass is 174 g/mol. The van der Waals surface area contributed by atoms with Crippen LogP contribution in [0, 0.1) is 0 Å². The Balaban J connectivity index is 2.22. The molecule has 2 aliphatic rings. The van der Waals surface area contributed by atoms with Crippen molar-refractivity contribution in [3.8, 4) is 5.75 Å². The number of rotatable bonds is 0. The van der Waals surface area contributed by atoms with Gasteiger partial charge in [-0.2, -0.15) is 0 Å². The molecule has 1 aromatic carbocycles. The third-order valence-electron chi connectivity index (χ3n) is 3.24. The second-order valence-corrected chi connectivity index (χ2v) is 4.02. The van der Waals surface area contributed by atoms with Crippen LogP contribution in [-0.2, 0) is 16.6 Å². The molecule has 2 aliphatic carbocycles. The Bertz CT molecular complexity index is 403. The van der Waals surface area contributed by atoms with Crippen LogP contribution in [0.25, 0.3) is 0 Å². The zero-order chi connectivity index (χ0) is 9.05. The first-order valence-corrected chi connectivity index (χ1v) is 4.58. The number of carbonyl (C=O) groups is 1. The molecule has 1 saturated carbocycles. The molecule has 66 valence electrons. The van der Waals surface area contributed by atoms with Gasteiger partial charge in [-0.3, -0.25) is 4.79 Å². The summed E-state index contributed by atoms with van der Waals surface area (Å²) >= 11 is 0. The predicted octanol–water partition coefficient (Wildman–Crippen LogP) is 1.55. The van der Waals surface area contributed by atoms with E-state index in [0.717, 1.165) is 24.0 Å². The van der Waals surface area contributed by atoms with E-state index in [1.165, 1.54) is 0 Å². The summed E-state index contributed by atoms with van der Waals surface area (Å²) in [5, 5.41) is 9.26. The summed E-state index contributed by atoms with van der Waals surface area (Å²) in [4.78, 5) is 11.6. The minimum atomic E-state index is -0.122. The van der Waals surface area contributed by atoms with Gasteiger partial charge >= 0.3 is 0 Å². The van der Waals surface area contributed by atoms with E-state index < -0.39 is 0 Å². The number of fused-ring (bicyclic) bond motifs is 2. The molecule has 2 heteroatoms. The van der Waals surface area contributed by atoms with E-state index in [4.69, 9.17) is 0 Å². The molecule has 1 aromatic rings. The zero-order valence-electron chi connectivity index (χ0n) is 7.21. The molecule has 3 rings (SSSR count). The van der Waals surface area contributed by atoms with Crippen LogP contribution in [0.4, 0.5) is 0 Å². The smallest absolute Gasteiger partial charge is 0.147 e. The molecule has 0 heterocycles. The zero-order valence-corrected chi connectivity index (χ0v) is 7.21. The van der Waals surface area contributed by atoms with Crippen LogP contribution in [0.2, 0.25) is 0 Å². The number of phenolic OH excluding ortho intramolecular Hbond substituents is 1. The molecule has 13 heavy (non-hydrogen) atoms. The second-order valence-electron chi connectivity index (χ2n) is 4.02. The number of ketones is 1. The lowest BCUT2D eigenvalue weighted by atomic mass is 9.98. The van der Waals surface area contributed by atoms with E-state index in [9.17, 15) is 9.90 Å². The van der Waals surface area contributed by atoms with E-state index in [1.807, 2.05) is 6.07 Å². The Morgan fingerprint density at radius 1 is 1.31 bits per heavy atom. The normalized spacial score (nSPS) is 22.0. The van der Waals surface area contributed by atoms with Gasteiger partial charge in [-0.1, -0.05) is 6.07 Å². The fourth-order valence-corrected chi connectivity index (χ4v) is 2.36. The standard InChI is InChI=1S/C11H10O2/c12-8-1-2-9-7(5-8)6-10(13)11(9)3-4-11/h1-2,5,12H,3-4,6H2. The summed E-state index contributed by atoms with van der Waals surface area (Å²) in [6.45, 7) is 0. The van der Waals surface area contributed by atoms with Crippen LogP contribution in [0.5, 0.6) is 5.75 Å². The molecule has 0 bridgehead atoms. The third-order valence-corrected chi connectivity index (χ3v) is 3.24. The third kappa shape index (κ3) is 0.755. The van der Waals surface area contributed by atoms with Crippen molar-refractivity contribution in [3.05, 3.63) is 29.3 Å². The Morgan fingerprint density at radius 2 is 2.08 bits per heavy atom. The summed E-state index contributed by atoms with van der Waals surface area (Å²) in [5.74, 6) is 0.609. The Morgan fingerprint density at radius 3 is 2.77 bits per heavy atom. The molecule has 0 unspecified atom stereocenters. The number of carbonyl (C=O) groups excluding carboxylic acids is 1. The van der Waals surface area contributed by atoms with Gasteiger partial charge in [0.1, 0.15) is 11.5 Å². The highest BCUT2D eigenvalue weighted by molar-refractivity contribution is 5.99. The summed E-state index contributed by atoms with van der Waals surface area (Å²) in [6.07, 6.45) is 2.52. The fourth-order valence-electron chi connectivity index (χ4n) is 2.36. The molecule has 2 nitrogen and oxygen atoms in total. The van der Waals surface area contributed by atoms with Crippen LogP contribution in [0.3, 0.4) is 0 Å². The molecule has 1 fully saturated rings. The van der Waals surface area contributed by atoms with Crippen LogP contribution < -0.4 is 0 Å². The van der Waals surface area contributed by atoms with Crippen molar-refractivity contribution in [2.45, 2.75) is 24.7 Å². The first kappa shape index (κ1) is 7.13. The Hall–Kier alpha value is -1.31. The van der Waals surface area contributed by atoms with Crippen molar-refractivity contribution in [3.63, 3.8) is 0 Å². The van der Waals surface area contributed by atoms with Crippen LogP contribution in [0.1, 0.15) is 24.0 Å². The Kier molecular flexibility index (Phi) is 1.07. The fraction of sp³-hybridized carbons (Fsp3) is 0.364. The summed E-state index contributed by atoms with van der Waals surface area (Å²) in [5.41, 5.74) is 2.07. The van der Waals surface area contributed by atoms with E-state index in [1.54, 1.807) is 12.1 Å². The lowest BCUT2D eigenvalue weighted by molar-refractivity contribution is -0.119. The Labute approximate surface area is 76.2 Å². The summed E-state index contributed by atoms with van der Waals surface area (Å²) in [7, 11) is 0. The highest BCUT2D eigenvalue weighted by Gasteiger charge is 2.55. The average molecular weight is 174 g/mol. The van der Waals surface area contributed by atoms with Crippen molar-refractivity contribution in [2.24, 2.45) is 0 Å².